The summed E-state index contributed by atoms with van der Waals surface area (Å²) in [4.78, 5) is 12.9. The average Bonchev–Trinajstić information content (AvgIpc) is 3.07. The zero-order valence-electron chi connectivity index (χ0n) is 13.4. The zero-order chi connectivity index (χ0) is 17.8. The van der Waals surface area contributed by atoms with Crippen LogP contribution in [0.25, 0.3) is 0 Å². The number of rotatable bonds is 5. The Morgan fingerprint density at radius 2 is 1.92 bits per heavy atom. The van der Waals surface area contributed by atoms with Crippen molar-refractivity contribution in [1.29, 1.82) is 0 Å². The third kappa shape index (κ3) is 4.54. The third-order valence-electron chi connectivity index (χ3n) is 3.54. The number of para-hydroxylation sites is 1. The van der Waals surface area contributed by atoms with E-state index in [1.807, 2.05) is 42.6 Å². The van der Waals surface area contributed by atoms with Gasteiger partial charge in [0.1, 0.15) is 12.4 Å². The van der Waals surface area contributed by atoms with Crippen molar-refractivity contribution in [2.24, 2.45) is 0 Å². The summed E-state index contributed by atoms with van der Waals surface area (Å²) in [5.41, 5.74) is 2.63. The summed E-state index contributed by atoms with van der Waals surface area (Å²) in [5.74, 6) is 0.654. The van der Waals surface area contributed by atoms with Crippen LogP contribution in [0.1, 0.15) is 20.8 Å². The molecule has 0 fully saturated rings. The quantitative estimate of drug-likeness (QED) is 0.562. The monoisotopic (exact) mass is 391 g/mol. The Morgan fingerprint density at radius 3 is 2.68 bits per heavy atom. The van der Waals surface area contributed by atoms with Crippen molar-refractivity contribution in [3.05, 3.63) is 80.0 Å². The van der Waals surface area contributed by atoms with E-state index in [1.54, 1.807) is 18.2 Å². The lowest BCUT2D eigenvalue weighted by molar-refractivity contribution is 0.103. The summed E-state index contributed by atoms with van der Waals surface area (Å²) in [6.45, 7) is 2.42. The number of aryl methyl sites for hydroxylation is 1. The number of ether oxygens (including phenoxy) is 1. The summed E-state index contributed by atoms with van der Waals surface area (Å²) in [7, 11) is 0. The molecule has 2 aromatic carbocycles. The van der Waals surface area contributed by atoms with Crippen molar-refractivity contribution in [1.82, 2.24) is 0 Å². The van der Waals surface area contributed by atoms with E-state index in [-0.39, 0.29) is 5.91 Å². The molecule has 1 aromatic heterocycles. The fraction of sp³-hybridized carbons (Fsp3) is 0.105. The Kier molecular flexibility index (Phi) is 5.63. The largest absolute Gasteiger partial charge is 0.489 e. The number of hydrogen-bond donors (Lipinski definition) is 1. The molecule has 0 radical (unpaired) electrons. The lowest BCUT2D eigenvalue weighted by Gasteiger charge is -2.07. The number of halogens is 2. The number of carbonyl (C=O) groups is 1. The van der Waals surface area contributed by atoms with E-state index in [2.05, 4.69) is 5.32 Å². The predicted molar refractivity (Wildman–Crippen MR) is 104 cm³/mol. The molecule has 0 unspecified atom stereocenters. The molecule has 3 rings (SSSR count). The smallest absolute Gasteiger partial charge is 0.265 e. The Hall–Kier alpha value is -2.01. The first-order valence-electron chi connectivity index (χ1n) is 7.55. The number of thiophene rings is 1. The summed E-state index contributed by atoms with van der Waals surface area (Å²) < 4.78 is 5.81. The number of nitrogens with one attached hydrogen (secondary N) is 1. The molecule has 1 amide bonds. The van der Waals surface area contributed by atoms with Crippen molar-refractivity contribution in [3.63, 3.8) is 0 Å². The summed E-state index contributed by atoms with van der Waals surface area (Å²) in [6, 6.07) is 14.6. The Morgan fingerprint density at radius 1 is 1.12 bits per heavy atom. The maximum Gasteiger partial charge on any atom is 0.265 e. The lowest BCUT2D eigenvalue weighted by atomic mass is 10.2. The fourth-order valence-corrected chi connectivity index (χ4v) is 3.31. The summed E-state index contributed by atoms with van der Waals surface area (Å²) >= 11 is 13.2. The van der Waals surface area contributed by atoms with Crippen LogP contribution >= 0.6 is 34.5 Å². The normalized spacial score (nSPS) is 10.5. The number of benzene rings is 2. The highest BCUT2D eigenvalue weighted by atomic mass is 35.5. The Balaban J connectivity index is 1.63. The van der Waals surface area contributed by atoms with Gasteiger partial charge in [0.15, 0.2) is 0 Å². The highest BCUT2D eigenvalue weighted by molar-refractivity contribution is 7.12. The molecule has 128 valence electrons. The highest BCUT2D eigenvalue weighted by Gasteiger charge is 2.11. The third-order valence-corrected chi connectivity index (χ3v) is 5.26. The van der Waals surface area contributed by atoms with Crippen LogP contribution < -0.4 is 10.1 Å². The van der Waals surface area contributed by atoms with Crippen LogP contribution in [0.5, 0.6) is 5.75 Å². The minimum Gasteiger partial charge on any atom is -0.489 e. The standard InChI is InChI=1S/C19H15Cl2NO2S/c1-12-4-2-3-5-17(12)24-10-13-8-18(25-11-13)19(23)22-14-6-7-15(20)16(21)9-14/h2-9,11H,10H2,1H3,(H,22,23). The number of hydrogen-bond acceptors (Lipinski definition) is 3. The maximum absolute atomic E-state index is 12.3. The second-order valence-electron chi connectivity index (χ2n) is 5.46. The first-order chi connectivity index (χ1) is 12.0. The van der Waals surface area contributed by atoms with E-state index in [0.717, 1.165) is 16.9 Å². The Labute approximate surface area is 160 Å². The van der Waals surface area contributed by atoms with Gasteiger partial charge >= 0.3 is 0 Å². The molecule has 0 bridgehead atoms. The molecule has 1 N–H and O–H groups in total. The minimum absolute atomic E-state index is 0.189. The average molecular weight is 392 g/mol. The van der Waals surface area contributed by atoms with Crippen LogP contribution in [-0.4, -0.2) is 5.91 Å². The molecular formula is C19H15Cl2NO2S. The first kappa shape index (κ1) is 17.8. The molecule has 1 heterocycles. The van der Waals surface area contributed by atoms with E-state index >= 15 is 0 Å². The van der Waals surface area contributed by atoms with Crippen molar-refractivity contribution < 1.29 is 9.53 Å². The first-order valence-corrected chi connectivity index (χ1v) is 9.19. The van der Waals surface area contributed by atoms with Gasteiger partial charge in [0.2, 0.25) is 0 Å². The van der Waals surface area contributed by atoms with Gasteiger partial charge in [0, 0.05) is 11.3 Å². The minimum atomic E-state index is -0.189. The van der Waals surface area contributed by atoms with Gasteiger partial charge in [-0.15, -0.1) is 11.3 Å². The van der Waals surface area contributed by atoms with Crippen LogP contribution in [-0.2, 0) is 6.61 Å². The molecule has 25 heavy (non-hydrogen) atoms. The molecular weight excluding hydrogens is 377 g/mol. The van der Waals surface area contributed by atoms with Gasteiger partial charge in [-0.3, -0.25) is 4.79 Å². The second-order valence-corrected chi connectivity index (χ2v) is 7.18. The molecule has 0 aliphatic carbocycles. The van der Waals surface area contributed by atoms with Gasteiger partial charge in [-0.2, -0.15) is 0 Å². The van der Waals surface area contributed by atoms with Crippen molar-refractivity contribution in [2.45, 2.75) is 13.5 Å². The van der Waals surface area contributed by atoms with Gasteiger partial charge in [0.25, 0.3) is 5.91 Å². The van der Waals surface area contributed by atoms with Crippen LogP contribution in [0, 0.1) is 6.92 Å². The molecule has 0 aliphatic rings. The van der Waals surface area contributed by atoms with E-state index in [1.165, 1.54) is 11.3 Å². The van der Waals surface area contributed by atoms with Crippen molar-refractivity contribution in [3.8, 4) is 5.75 Å². The molecule has 0 aliphatic heterocycles. The van der Waals surface area contributed by atoms with Crippen molar-refractivity contribution >= 4 is 46.1 Å². The SMILES string of the molecule is Cc1ccccc1OCc1csc(C(=O)Nc2ccc(Cl)c(Cl)c2)c1. The summed E-state index contributed by atoms with van der Waals surface area (Å²) in [6.07, 6.45) is 0. The molecule has 0 saturated heterocycles. The molecule has 3 aromatic rings. The van der Waals surface area contributed by atoms with E-state index in [9.17, 15) is 4.79 Å². The Bertz CT molecular complexity index is 908. The van der Waals surface area contributed by atoms with Gasteiger partial charge < -0.3 is 10.1 Å². The lowest BCUT2D eigenvalue weighted by Crippen LogP contribution is -2.10. The van der Waals surface area contributed by atoms with Crippen LogP contribution in [0.2, 0.25) is 10.0 Å². The molecule has 6 heteroatoms. The topological polar surface area (TPSA) is 38.3 Å². The number of anilines is 1. The van der Waals surface area contributed by atoms with E-state index in [0.29, 0.717) is 27.2 Å². The second kappa shape index (κ2) is 7.91. The van der Waals surface area contributed by atoms with Crippen molar-refractivity contribution in [2.75, 3.05) is 5.32 Å². The van der Waals surface area contributed by atoms with Crippen LogP contribution in [0.15, 0.2) is 53.9 Å². The predicted octanol–water partition coefficient (Wildman–Crippen LogP) is 6.19. The van der Waals surface area contributed by atoms with Crippen LogP contribution in [0.4, 0.5) is 5.69 Å². The van der Waals surface area contributed by atoms with Crippen LogP contribution in [0.3, 0.4) is 0 Å². The van der Waals surface area contributed by atoms with E-state index in [4.69, 9.17) is 27.9 Å². The van der Waals surface area contributed by atoms with Gasteiger partial charge in [-0.25, -0.2) is 0 Å². The van der Waals surface area contributed by atoms with Gasteiger partial charge in [-0.05, 0) is 48.2 Å². The van der Waals surface area contributed by atoms with Gasteiger partial charge in [-0.1, -0.05) is 41.4 Å². The maximum atomic E-state index is 12.3. The molecule has 0 atom stereocenters. The fourth-order valence-electron chi connectivity index (χ4n) is 2.22. The number of amides is 1. The van der Waals surface area contributed by atoms with E-state index < -0.39 is 0 Å². The molecule has 0 saturated carbocycles. The molecule has 0 spiro atoms. The number of carbonyl (C=O) groups excluding carboxylic acids is 1. The zero-order valence-corrected chi connectivity index (χ0v) is 15.7. The molecule has 3 nitrogen and oxygen atoms in total. The highest BCUT2D eigenvalue weighted by Crippen LogP contribution is 2.26. The summed E-state index contributed by atoms with van der Waals surface area (Å²) in [5, 5.41) is 5.58. The van der Waals surface area contributed by atoms with Gasteiger partial charge in [0.05, 0.1) is 14.9 Å².